The van der Waals surface area contributed by atoms with Crippen molar-refractivity contribution in [3.63, 3.8) is 0 Å². The summed E-state index contributed by atoms with van der Waals surface area (Å²) in [6.07, 6.45) is 2.06. The second kappa shape index (κ2) is 10.4. The third-order valence-corrected chi connectivity index (χ3v) is 5.11. The molecule has 1 heterocycles. The molecule has 1 N–H and O–H groups in total. The topological polar surface area (TPSA) is 52.7 Å². The summed E-state index contributed by atoms with van der Waals surface area (Å²) in [6, 6.07) is 6.95. The second-order valence-corrected chi connectivity index (χ2v) is 7.69. The summed E-state index contributed by atoms with van der Waals surface area (Å²) in [4.78, 5) is 27.9. The molecule has 0 spiro atoms. The molecule has 1 aliphatic rings. The van der Waals surface area contributed by atoms with E-state index in [9.17, 15) is 14.0 Å². The van der Waals surface area contributed by atoms with Gasteiger partial charge < -0.3 is 10.2 Å². The van der Waals surface area contributed by atoms with Gasteiger partial charge in [-0.05, 0) is 36.5 Å². The molecule has 0 saturated carbocycles. The van der Waals surface area contributed by atoms with Gasteiger partial charge in [-0.2, -0.15) is 0 Å². The first-order valence-electron chi connectivity index (χ1n) is 9.87. The zero-order valence-electron chi connectivity index (χ0n) is 16.7. The summed E-state index contributed by atoms with van der Waals surface area (Å²) < 4.78 is 13.2. The smallest absolute Gasteiger partial charge is 0.222 e. The molecule has 1 fully saturated rings. The second-order valence-electron chi connectivity index (χ2n) is 7.69. The van der Waals surface area contributed by atoms with E-state index in [4.69, 9.17) is 0 Å². The molecule has 150 valence electrons. The van der Waals surface area contributed by atoms with Gasteiger partial charge in [0.15, 0.2) is 0 Å². The van der Waals surface area contributed by atoms with E-state index in [2.05, 4.69) is 24.1 Å². The highest BCUT2D eigenvalue weighted by molar-refractivity contribution is 5.76. The van der Waals surface area contributed by atoms with Gasteiger partial charge in [0.1, 0.15) is 5.82 Å². The van der Waals surface area contributed by atoms with Crippen LogP contribution in [0.3, 0.4) is 0 Å². The van der Waals surface area contributed by atoms with Crippen LogP contribution in [0.1, 0.15) is 45.6 Å². The van der Waals surface area contributed by atoms with Crippen LogP contribution in [0.25, 0.3) is 0 Å². The number of benzene rings is 1. The van der Waals surface area contributed by atoms with Crippen LogP contribution in [-0.2, 0) is 16.1 Å². The molecular weight excluding hydrogens is 345 g/mol. The van der Waals surface area contributed by atoms with Gasteiger partial charge in [0.2, 0.25) is 11.8 Å². The number of nitrogens with one attached hydrogen (secondary N) is 1. The summed E-state index contributed by atoms with van der Waals surface area (Å²) in [5.74, 6) is 0.299. The normalized spacial score (nSPS) is 18.4. The Labute approximate surface area is 161 Å². The van der Waals surface area contributed by atoms with Crippen LogP contribution in [0.5, 0.6) is 0 Å². The zero-order valence-corrected chi connectivity index (χ0v) is 16.7. The quantitative estimate of drug-likeness (QED) is 0.744. The molecule has 0 bridgehead atoms. The van der Waals surface area contributed by atoms with E-state index >= 15 is 0 Å². The van der Waals surface area contributed by atoms with Gasteiger partial charge in [-0.1, -0.05) is 26.0 Å². The highest BCUT2D eigenvalue weighted by atomic mass is 19.1. The van der Waals surface area contributed by atoms with Crippen molar-refractivity contribution < 1.29 is 14.0 Å². The standard InChI is InChI=1S/C21H32FN3O2/c1-16(2)20-15-25(21(27)6-4-11-23-17(3)26)13-5-12-24(20)14-18-7-9-19(22)10-8-18/h7-10,16,20H,4-6,11-15H2,1-3H3,(H,23,26)/t20-/m1/s1. The highest BCUT2D eigenvalue weighted by Gasteiger charge is 2.29. The van der Waals surface area contributed by atoms with Crippen molar-refractivity contribution >= 4 is 11.8 Å². The molecule has 2 amide bonds. The number of hydrogen-bond acceptors (Lipinski definition) is 3. The Bertz CT molecular complexity index is 618. The lowest BCUT2D eigenvalue weighted by atomic mass is 10.0. The van der Waals surface area contributed by atoms with Crippen molar-refractivity contribution in [2.24, 2.45) is 5.92 Å². The molecule has 1 aromatic rings. The Balaban J connectivity index is 1.95. The molecule has 5 nitrogen and oxygen atoms in total. The maximum absolute atomic E-state index is 13.2. The maximum atomic E-state index is 13.2. The van der Waals surface area contributed by atoms with Gasteiger partial charge in [-0.3, -0.25) is 14.5 Å². The van der Waals surface area contributed by atoms with Crippen LogP contribution in [0.4, 0.5) is 4.39 Å². The third kappa shape index (κ3) is 6.94. The number of hydrogen-bond donors (Lipinski definition) is 1. The molecule has 0 unspecified atom stereocenters. The van der Waals surface area contributed by atoms with Crippen LogP contribution in [0, 0.1) is 11.7 Å². The fraction of sp³-hybridized carbons (Fsp3) is 0.619. The summed E-state index contributed by atoms with van der Waals surface area (Å²) in [5, 5.41) is 2.74. The Kier molecular flexibility index (Phi) is 8.23. The van der Waals surface area contributed by atoms with Crippen LogP contribution in [0.2, 0.25) is 0 Å². The minimum Gasteiger partial charge on any atom is -0.356 e. The summed E-state index contributed by atoms with van der Waals surface area (Å²) in [7, 11) is 0. The fourth-order valence-electron chi connectivity index (χ4n) is 3.60. The van der Waals surface area contributed by atoms with Crippen LogP contribution < -0.4 is 5.32 Å². The lowest BCUT2D eigenvalue weighted by Gasteiger charge is -2.34. The van der Waals surface area contributed by atoms with E-state index < -0.39 is 0 Å². The SMILES string of the molecule is CC(=O)NCCCC(=O)N1CCCN(Cc2ccc(F)cc2)[C@@H](C(C)C)C1. The first-order valence-corrected chi connectivity index (χ1v) is 9.87. The zero-order chi connectivity index (χ0) is 19.8. The van der Waals surface area contributed by atoms with E-state index in [-0.39, 0.29) is 23.7 Å². The molecule has 0 aliphatic carbocycles. The van der Waals surface area contributed by atoms with Gasteiger partial charge in [-0.15, -0.1) is 0 Å². The van der Waals surface area contributed by atoms with Gasteiger partial charge in [0, 0.05) is 52.1 Å². The first-order chi connectivity index (χ1) is 12.9. The average Bonchev–Trinajstić information content (AvgIpc) is 2.83. The van der Waals surface area contributed by atoms with E-state index in [0.717, 1.165) is 38.2 Å². The molecule has 0 aromatic heterocycles. The van der Waals surface area contributed by atoms with E-state index in [1.165, 1.54) is 19.1 Å². The van der Waals surface area contributed by atoms with Crippen LogP contribution in [0.15, 0.2) is 24.3 Å². The van der Waals surface area contributed by atoms with Crippen LogP contribution >= 0.6 is 0 Å². The van der Waals surface area contributed by atoms with Crippen molar-refractivity contribution in [3.05, 3.63) is 35.6 Å². The molecule has 1 aliphatic heterocycles. The molecular formula is C21H32FN3O2. The predicted molar refractivity (Wildman–Crippen MR) is 105 cm³/mol. The van der Waals surface area contributed by atoms with Gasteiger partial charge >= 0.3 is 0 Å². The number of carbonyl (C=O) groups is 2. The monoisotopic (exact) mass is 377 g/mol. The van der Waals surface area contributed by atoms with Gasteiger partial charge in [-0.25, -0.2) is 4.39 Å². The van der Waals surface area contributed by atoms with Crippen molar-refractivity contribution in [2.75, 3.05) is 26.2 Å². The molecule has 2 rings (SSSR count). The Morgan fingerprint density at radius 3 is 2.56 bits per heavy atom. The van der Waals surface area contributed by atoms with Gasteiger partial charge in [0.05, 0.1) is 0 Å². The van der Waals surface area contributed by atoms with Crippen LogP contribution in [-0.4, -0.2) is 53.8 Å². The molecule has 27 heavy (non-hydrogen) atoms. The third-order valence-electron chi connectivity index (χ3n) is 5.11. The lowest BCUT2D eigenvalue weighted by molar-refractivity contribution is -0.132. The largest absolute Gasteiger partial charge is 0.356 e. The summed E-state index contributed by atoms with van der Waals surface area (Å²) in [5.41, 5.74) is 1.09. The van der Waals surface area contributed by atoms with E-state index in [1.807, 2.05) is 17.0 Å². The Morgan fingerprint density at radius 1 is 1.22 bits per heavy atom. The molecule has 1 atom stereocenters. The van der Waals surface area contributed by atoms with E-state index in [0.29, 0.717) is 25.3 Å². The lowest BCUT2D eigenvalue weighted by Crippen LogP contribution is -2.45. The number of amides is 2. The van der Waals surface area contributed by atoms with Crippen molar-refractivity contribution in [1.29, 1.82) is 0 Å². The summed E-state index contributed by atoms with van der Waals surface area (Å²) in [6.45, 7) is 9.59. The predicted octanol–water partition coefficient (Wildman–Crippen LogP) is 2.80. The van der Waals surface area contributed by atoms with Crippen molar-refractivity contribution in [1.82, 2.24) is 15.1 Å². The van der Waals surface area contributed by atoms with Gasteiger partial charge in [0.25, 0.3) is 0 Å². The minimum absolute atomic E-state index is 0.0615. The molecule has 6 heteroatoms. The highest BCUT2D eigenvalue weighted by Crippen LogP contribution is 2.20. The summed E-state index contributed by atoms with van der Waals surface area (Å²) >= 11 is 0. The minimum atomic E-state index is -0.217. The number of halogens is 1. The molecule has 0 radical (unpaired) electrons. The molecule has 1 aromatic carbocycles. The van der Waals surface area contributed by atoms with Crippen molar-refractivity contribution in [3.8, 4) is 0 Å². The number of nitrogens with zero attached hydrogens (tertiary/aromatic N) is 2. The molecule has 1 saturated heterocycles. The Hall–Kier alpha value is -1.95. The Morgan fingerprint density at radius 2 is 1.93 bits per heavy atom. The van der Waals surface area contributed by atoms with E-state index in [1.54, 1.807) is 0 Å². The average molecular weight is 378 g/mol. The first kappa shape index (κ1) is 21.4. The number of carbonyl (C=O) groups excluding carboxylic acids is 2. The maximum Gasteiger partial charge on any atom is 0.222 e. The van der Waals surface area contributed by atoms with Crippen molar-refractivity contribution in [2.45, 2.75) is 52.6 Å². The number of rotatable bonds is 7. The fourth-order valence-corrected chi connectivity index (χ4v) is 3.60.